The van der Waals surface area contributed by atoms with Gasteiger partial charge in [0.15, 0.2) is 15.0 Å². The highest BCUT2D eigenvalue weighted by Gasteiger charge is 2.20. The van der Waals surface area contributed by atoms with Crippen LogP contribution in [0.4, 0.5) is 5.13 Å². The third kappa shape index (κ3) is 4.17. The number of aromatic nitrogens is 1. The zero-order valence-corrected chi connectivity index (χ0v) is 16.6. The monoisotopic (exact) mass is 402 g/mol. The van der Waals surface area contributed by atoms with E-state index in [2.05, 4.69) is 10.3 Å². The summed E-state index contributed by atoms with van der Waals surface area (Å²) >= 11 is 1.33. The number of carbonyl (C=O) groups is 1. The summed E-state index contributed by atoms with van der Waals surface area (Å²) in [6.07, 6.45) is 1.08. The number of benzene rings is 2. The quantitative estimate of drug-likeness (QED) is 0.702. The molecule has 1 heterocycles. The largest absolute Gasteiger partial charge is 0.497 e. The van der Waals surface area contributed by atoms with Gasteiger partial charge in [-0.1, -0.05) is 12.1 Å². The van der Waals surface area contributed by atoms with Crippen molar-refractivity contribution in [3.63, 3.8) is 0 Å². The number of hydrogen-bond acceptors (Lipinski definition) is 6. The van der Waals surface area contributed by atoms with Crippen molar-refractivity contribution in [2.75, 3.05) is 18.7 Å². The standard InChI is InChI=1S/C19H18N2O4S2/c1-12-17(13-8-10-14(25-2)11-9-13)20-19(26-12)21-18(22)15-6-4-5-7-16(15)27(3,23)24/h4-11H,1-3H3,(H,20,21,22). The molecule has 0 aliphatic carbocycles. The third-order valence-corrected chi connectivity index (χ3v) is 5.95. The van der Waals surface area contributed by atoms with Gasteiger partial charge in [-0.2, -0.15) is 0 Å². The topological polar surface area (TPSA) is 85.4 Å². The number of amides is 1. The van der Waals surface area contributed by atoms with E-state index < -0.39 is 15.7 Å². The summed E-state index contributed by atoms with van der Waals surface area (Å²) in [5, 5.41) is 3.11. The summed E-state index contributed by atoms with van der Waals surface area (Å²) in [6, 6.07) is 13.6. The van der Waals surface area contributed by atoms with Gasteiger partial charge in [0.25, 0.3) is 5.91 Å². The second-order valence-electron chi connectivity index (χ2n) is 5.87. The Morgan fingerprint density at radius 3 is 2.41 bits per heavy atom. The van der Waals surface area contributed by atoms with E-state index in [-0.39, 0.29) is 10.5 Å². The molecule has 0 spiro atoms. The number of nitrogens with one attached hydrogen (secondary N) is 1. The highest BCUT2D eigenvalue weighted by atomic mass is 32.2. The van der Waals surface area contributed by atoms with Crippen LogP contribution in [0, 0.1) is 6.92 Å². The van der Waals surface area contributed by atoms with Crippen LogP contribution in [0.25, 0.3) is 11.3 Å². The summed E-state index contributed by atoms with van der Waals surface area (Å²) in [6.45, 7) is 1.91. The van der Waals surface area contributed by atoms with Crippen LogP contribution in [0.1, 0.15) is 15.2 Å². The molecule has 1 aromatic heterocycles. The lowest BCUT2D eigenvalue weighted by molar-refractivity contribution is 0.102. The van der Waals surface area contributed by atoms with Crippen LogP contribution in [0.2, 0.25) is 0 Å². The number of ether oxygens (including phenoxy) is 1. The fraction of sp³-hybridized carbons (Fsp3) is 0.158. The lowest BCUT2D eigenvalue weighted by Crippen LogP contribution is -2.15. The molecule has 3 aromatic rings. The van der Waals surface area contributed by atoms with Gasteiger partial charge in [-0.25, -0.2) is 13.4 Å². The van der Waals surface area contributed by atoms with Gasteiger partial charge in [0, 0.05) is 16.7 Å². The number of nitrogens with zero attached hydrogens (tertiary/aromatic N) is 1. The summed E-state index contributed by atoms with van der Waals surface area (Å²) in [5.41, 5.74) is 1.76. The zero-order valence-electron chi connectivity index (χ0n) is 15.0. The van der Waals surface area contributed by atoms with Crippen molar-refractivity contribution in [1.29, 1.82) is 0 Å². The van der Waals surface area contributed by atoms with E-state index in [1.807, 2.05) is 31.2 Å². The molecule has 140 valence electrons. The number of thiazole rings is 1. The average Bonchev–Trinajstić information content (AvgIpc) is 3.01. The Morgan fingerprint density at radius 2 is 1.78 bits per heavy atom. The first-order valence-electron chi connectivity index (χ1n) is 8.02. The van der Waals surface area contributed by atoms with Crippen LogP contribution in [-0.4, -0.2) is 32.7 Å². The Labute approximate surface area is 161 Å². The lowest BCUT2D eigenvalue weighted by atomic mass is 10.1. The maximum atomic E-state index is 12.6. The normalized spacial score (nSPS) is 11.2. The molecular formula is C19H18N2O4S2. The van der Waals surface area contributed by atoms with Crippen molar-refractivity contribution in [2.24, 2.45) is 0 Å². The number of carbonyl (C=O) groups excluding carboxylic acids is 1. The fourth-order valence-electron chi connectivity index (χ4n) is 2.61. The van der Waals surface area contributed by atoms with Crippen LogP contribution in [0.5, 0.6) is 5.75 Å². The molecule has 0 unspecified atom stereocenters. The fourth-order valence-corrected chi connectivity index (χ4v) is 4.33. The number of hydrogen-bond donors (Lipinski definition) is 1. The Bertz CT molecular complexity index is 1090. The lowest BCUT2D eigenvalue weighted by Gasteiger charge is -2.07. The number of aryl methyl sites for hydroxylation is 1. The molecule has 27 heavy (non-hydrogen) atoms. The molecule has 0 saturated heterocycles. The third-order valence-electron chi connectivity index (χ3n) is 3.91. The summed E-state index contributed by atoms with van der Waals surface area (Å²) in [7, 11) is -1.91. The van der Waals surface area contributed by atoms with Gasteiger partial charge in [-0.3, -0.25) is 10.1 Å². The van der Waals surface area contributed by atoms with E-state index in [0.717, 1.165) is 28.1 Å². The minimum Gasteiger partial charge on any atom is -0.497 e. The van der Waals surface area contributed by atoms with Crippen LogP contribution >= 0.6 is 11.3 Å². The van der Waals surface area contributed by atoms with E-state index in [0.29, 0.717) is 5.13 Å². The molecule has 0 atom stereocenters. The van der Waals surface area contributed by atoms with Crippen molar-refractivity contribution in [3.8, 4) is 17.0 Å². The first kappa shape index (κ1) is 19.1. The van der Waals surface area contributed by atoms with Gasteiger partial charge in [0.2, 0.25) is 0 Å². The van der Waals surface area contributed by atoms with Crippen LogP contribution < -0.4 is 10.1 Å². The Hall–Kier alpha value is -2.71. The number of anilines is 1. The molecule has 8 heteroatoms. The molecular weight excluding hydrogens is 384 g/mol. The molecule has 0 aliphatic rings. The van der Waals surface area contributed by atoms with Crippen LogP contribution in [-0.2, 0) is 9.84 Å². The summed E-state index contributed by atoms with van der Waals surface area (Å²) in [4.78, 5) is 18.0. The van der Waals surface area contributed by atoms with Crippen LogP contribution in [0.3, 0.4) is 0 Å². The number of rotatable bonds is 5. The molecule has 0 bridgehead atoms. The van der Waals surface area contributed by atoms with E-state index in [1.165, 1.54) is 23.5 Å². The van der Waals surface area contributed by atoms with Crippen LogP contribution in [0.15, 0.2) is 53.4 Å². The maximum absolute atomic E-state index is 12.6. The van der Waals surface area contributed by atoms with Crippen molar-refractivity contribution in [2.45, 2.75) is 11.8 Å². The first-order valence-corrected chi connectivity index (χ1v) is 10.7. The van der Waals surface area contributed by atoms with Crippen molar-refractivity contribution in [1.82, 2.24) is 4.98 Å². The average molecular weight is 402 g/mol. The van der Waals surface area contributed by atoms with Gasteiger partial charge < -0.3 is 4.74 Å². The molecule has 1 N–H and O–H groups in total. The van der Waals surface area contributed by atoms with Crippen molar-refractivity contribution < 1.29 is 17.9 Å². The van der Waals surface area contributed by atoms with Crippen molar-refractivity contribution >= 4 is 32.2 Å². The van der Waals surface area contributed by atoms with Crippen molar-refractivity contribution in [3.05, 3.63) is 59.0 Å². The maximum Gasteiger partial charge on any atom is 0.258 e. The summed E-state index contributed by atoms with van der Waals surface area (Å²) in [5.74, 6) is 0.239. The number of methoxy groups -OCH3 is 1. The Morgan fingerprint density at radius 1 is 1.11 bits per heavy atom. The molecule has 0 fully saturated rings. The van der Waals surface area contributed by atoms with Gasteiger partial charge in [0.05, 0.1) is 23.3 Å². The zero-order chi connectivity index (χ0) is 19.6. The highest BCUT2D eigenvalue weighted by Crippen LogP contribution is 2.31. The van der Waals surface area contributed by atoms with Gasteiger partial charge >= 0.3 is 0 Å². The molecule has 0 radical (unpaired) electrons. The Kier molecular flexibility index (Phi) is 5.29. The molecule has 2 aromatic carbocycles. The van der Waals surface area contributed by atoms with E-state index >= 15 is 0 Å². The molecule has 3 rings (SSSR count). The molecule has 1 amide bonds. The number of sulfone groups is 1. The van der Waals surface area contributed by atoms with Gasteiger partial charge in [0.1, 0.15) is 5.75 Å². The predicted octanol–water partition coefficient (Wildman–Crippen LogP) is 3.78. The van der Waals surface area contributed by atoms with Gasteiger partial charge in [-0.05, 0) is 43.3 Å². The first-order chi connectivity index (χ1) is 12.8. The molecule has 0 aliphatic heterocycles. The molecule has 0 saturated carbocycles. The minimum atomic E-state index is -3.51. The summed E-state index contributed by atoms with van der Waals surface area (Å²) < 4.78 is 29.0. The van der Waals surface area contributed by atoms with E-state index in [4.69, 9.17) is 4.74 Å². The second-order valence-corrected chi connectivity index (χ2v) is 9.06. The Balaban J connectivity index is 1.88. The minimum absolute atomic E-state index is 0.00819. The predicted molar refractivity (Wildman–Crippen MR) is 106 cm³/mol. The SMILES string of the molecule is COc1ccc(-c2nc(NC(=O)c3ccccc3S(C)(=O)=O)sc2C)cc1. The smallest absolute Gasteiger partial charge is 0.258 e. The highest BCUT2D eigenvalue weighted by molar-refractivity contribution is 7.90. The van der Waals surface area contributed by atoms with E-state index in [1.54, 1.807) is 19.2 Å². The molecule has 6 nitrogen and oxygen atoms in total. The second kappa shape index (κ2) is 7.50. The van der Waals surface area contributed by atoms with Gasteiger partial charge in [-0.15, -0.1) is 11.3 Å². The van der Waals surface area contributed by atoms with E-state index in [9.17, 15) is 13.2 Å².